The number of esters is 2. The number of methoxy groups -OCH3 is 2. The van der Waals surface area contributed by atoms with E-state index in [9.17, 15) is 9.59 Å². The highest BCUT2D eigenvalue weighted by atomic mass is 16.5. The molecule has 0 aromatic carbocycles. The van der Waals surface area contributed by atoms with Gasteiger partial charge in [-0.25, -0.2) is 0 Å². The van der Waals surface area contributed by atoms with E-state index >= 15 is 0 Å². The van der Waals surface area contributed by atoms with E-state index < -0.39 is 0 Å². The molecule has 6 heteroatoms. The van der Waals surface area contributed by atoms with E-state index in [0.29, 0.717) is 18.4 Å². The molecule has 20 heavy (non-hydrogen) atoms. The SMILES string of the molecule is COC(=O)CN(CC(=O)OC)C1CC(C)CCC1CN. The fourth-order valence-electron chi connectivity index (χ4n) is 2.89. The first-order chi connectivity index (χ1) is 9.51. The van der Waals surface area contributed by atoms with Gasteiger partial charge in [0.25, 0.3) is 0 Å². The molecule has 3 atom stereocenters. The van der Waals surface area contributed by atoms with Crippen molar-refractivity contribution in [2.75, 3.05) is 33.9 Å². The fourth-order valence-corrected chi connectivity index (χ4v) is 2.89. The molecule has 0 radical (unpaired) electrons. The Kier molecular flexibility index (Phi) is 6.95. The molecule has 0 spiro atoms. The number of carbonyl (C=O) groups excluding carboxylic acids is 2. The summed E-state index contributed by atoms with van der Waals surface area (Å²) in [5, 5.41) is 0. The molecule has 2 N–H and O–H groups in total. The third kappa shape index (κ3) is 4.76. The first kappa shape index (κ1) is 16.9. The molecule has 6 nitrogen and oxygen atoms in total. The summed E-state index contributed by atoms with van der Waals surface area (Å²) < 4.78 is 9.44. The quantitative estimate of drug-likeness (QED) is 0.712. The molecule has 0 aromatic rings. The summed E-state index contributed by atoms with van der Waals surface area (Å²) in [4.78, 5) is 25.0. The minimum absolute atomic E-state index is 0.0967. The number of ether oxygens (including phenoxy) is 2. The first-order valence-electron chi connectivity index (χ1n) is 7.09. The summed E-state index contributed by atoms with van der Waals surface area (Å²) in [5.41, 5.74) is 5.84. The van der Waals surface area contributed by atoms with E-state index in [2.05, 4.69) is 6.92 Å². The number of hydrogen-bond acceptors (Lipinski definition) is 6. The van der Waals surface area contributed by atoms with Gasteiger partial charge in [0, 0.05) is 6.04 Å². The standard InChI is InChI=1S/C14H26N2O4/c1-10-4-5-11(7-15)12(6-10)16(8-13(17)19-2)9-14(18)20-3/h10-12H,4-9,15H2,1-3H3. The second-order valence-corrected chi connectivity index (χ2v) is 5.54. The molecule has 116 valence electrons. The summed E-state index contributed by atoms with van der Waals surface area (Å²) in [7, 11) is 2.70. The van der Waals surface area contributed by atoms with Crippen LogP contribution in [0.3, 0.4) is 0 Å². The van der Waals surface area contributed by atoms with Crippen LogP contribution in [-0.2, 0) is 19.1 Å². The summed E-state index contributed by atoms with van der Waals surface area (Å²) in [6, 6.07) is 0.127. The van der Waals surface area contributed by atoms with Crippen LogP contribution in [-0.4, -0.2) is 56.7 Å². The molecule has 1 saturated carbocycles. The lowest BCUT2D eigenvalue weighted by molar-refractivity contribution is -0.147. The smallest absolute Gasteiger partial charge is 0.319 e. The highest BCUT2D eigenvalue weighted by Crippen LogP contribution is 2.31. The number of rotatable bonds is 6. The predicted molar refractivity (Wildman–Crippen MR) is 75.0 cm³/mol. The van der Waals surface area contributed by atoms with Crippen molar-refractivity contribution in [3.8, 4) is 0 Å². The zero-order valence-electron chi connectivity index (χ0n) is 12.6. The summed E-state index contributed by atoms with van der Waals surface area (Å²) >= 11 is 0. The molecule has 0 aliphatic heterocycles. The Balaban J connectivity index is 2.81. The van der Waals surface area contributed by atoms with Crippen LogP contribution in [0.15, 0.2) is 0 Å². The molecule has 1 aliphatic carbocycles. The third-order valence-electron chi connectivity index (χ3n) is 4.11. The molecular formula is C14H26N2O4. The van der Waals surface area contributed by atoms with E-state index in [1.807, 2.05) is 4.90 Å². The molecule has 1 fully saturated rings. The normalized spacial score (nSPS) is 26.4. The second kappa shape index (κ2) is 8.21. The zero-order chi connectivity index (χ0) is 15.1. The number of nitrogens with two attached hydrogens (primary N) is 1. The first-order valence-corrected chi connectivity index (χ1v) is 7.09. The average molecular weight is 286 g/mol. The Labute approximate surface area is 120 Å². The molecule has 0 amide bonds. The van der Waals surface area contributed by atoms with E-state index in [1.165, 1.54) is 14.2 Å². The van der Waals surface area contributed by atoms with Gasteiger partial charge >= 0.3 is 11.9 Å². The third-order valence-corrected chi connectivity index (χ3v) is 4.11. The number of nitrogens with zero attached hydrogens (tertiary/aromatic N) is 1. The van der Waals surface area contributed by atoms with E-state index in [-0.39, 0.29) is 31.1 Å². The fraction of sp³-hybridized carbons (Fsp3) is 0.857. The molecule has 3 unspecified atom stereocenters. The Morgan fingerprint density at radius 2 is 1.70 bits per heavy atom. The maximum atomic E-state index is 11.6. The van der Waals surface area contributed by atoms with E-state index in [1.54, 1.807) is 0 Å². The van der Waals surface area contributed by atoms with Crippen molar-refractivity contribution >= 4 is 11.9 Å². The lowest BCUT2D eigenvalue weighted by Crippen LogP contribution is -2.50. The van der Waals surface area contributed by atoms with E-state index in [0.717, 1.165) is 19.3 Å². The predicted octanol–water partition coefficient (Wildman–Crippen LogP) is 0.398. The Bertz CT molecular complexity index is 317. The van der Waals surface area contributed by atoms with Gasteiger partial charge in [-0.15, -0.1) is 0 Å². The van der Waals surface area contributed by atoms with Gasteiger partial charge in [-0.2, -0.15) is 0 Å². The van der Waals surface area contributed by atoms with Crippen LogP contribution in [0.5, 0.6) is 0 Å². The Morgan fingerprint density at radius 3 is 2.15 bits per heavy atom. The zero-order valence-corrected chi connectivity index (χ0v) is 12.6. The van der Waals surface area contributed by atoms with Crippen molar-refractivity contribution in [2.45, 2.75) is 32.2 Å². The summed E-state index contributed by atoms with van der Waals surface area (Å²) in [6.07, 6.45) is 3.11. The Morgan fingerprint density at radius 1 is 1.15 bits per heavy atom. The lowest BCUT2D eigenvalue weighted by atomic mass is 9.78. The van der Waals surface area contributed by atoms with Crippen molar-refractivity contribution in [3.05, 3.63) is 0 Å². The monoisotopic (exact) mass is 286 g/mol. The highest BCUT2D eigenvalue weighted by molar-refractivity contribution is 5.75. The van der Waals surface area contributed by atoms with Gasteiger partial charge in [-0.3, -0.25) is 14.5 Å². The van der Waals surface area contributed by atoms with Gasteiger partial charge < -0.3 is 15.2 Å². The van der Waals surface area contributed by atoms with Crippen molar-refractivity contribution in [1.82, 2.24) is 4.90 Å². The van der Waals surface area contributed by atoms with Gasteiger partial charge in [-0.05, 0) is 31.2 Å². The molecule has 0 saturated heterocycles. The van der Waals surface area contributed by atoms with Crippen LogP contribution in [0.25, 0.3) is 0 Å². The van der Waals surface area contributed by atoms with Gasteiger partial charge in [0.1, 0.15) is 0 Å². The largest absolute Gasteiger partial charge is 0.468 e. The highest BCUT2D eigenvalue weighted by Gasteiger charge is 2.34. The average Bonchev–Trinajstić information content (AvgIpc) is 2.46. The van der Waals surface area contributed by atoms with Crippen LogP contribution in [0.4, 0.5) is 0 Å². The number of hydrogen-bond donors (Lipinski definition) is 1. The molecule has 1 aliphatic rings. The summed E-state index contributed by atoms with van der Waals surface area (Å²) in [6.45, 7) is 2.95. The van der Waals surface area contributed by atoms with Crippen LogP contribution >= 0.6 is 0 Å². The van der Waals surface area contributed by atoms with Gasteiger partial charge in [0.05, 0.1) is 27.3 Å². The summed E-state index contributed by atoms with van der Waals surface area (Å²) in [5.74, 6) is 0.187. The minimum Gasteiger partial charge on any atom is -0.468 e. The van der Waals surface area contributed by atoms with E-state index in [4.69, 9.17) is 15.2 Å². The van der Waals surface area contributed by atoms with Crippen LogP contribution in [0.1, 0.15) is 26.2 Å². The van der Waals surface area contributed by atoms with Gasteiger partial charge in [0.2, 0.25) is 0 Å². The molecule has 1 rings (SSSR count). The van der Waals surface area contributed by atoms with Crippen molar-refractivity contribution in [2.24, 2.45) is 17.6 Å². The maximum Gasteiger partial charge on any atom is 0.319 e. The van der Waals surface area contributed by atoms with Crippen LogP contribution < -0.4 is 5.73 Å². The van der Waals surface area contributed by atoms with Crippen molar-refractivity contribution in [3.63, 3.8) is 0 Å². The minimum atomic E-state index is -0.345. The van der Waals surface area contributed by atoms with Crippen molar-refractivity contribution < 1.29 is 19.1 Å². The van der Waals surface area contributed by atoms with Gasteiger partial charge in [0.15, 0.2) is 0 Å². The van der Waals surface area contributed by atoms with Crippen molar-refractivity contribution in [1.29, 1.82) is 0 Å². The Hall–Kier alpha value is -1.14. The maximum absolute atomic E-state index is 11.6. The van der Waals surface area contributed by atoms with Gasteiger partial charge in [-0.1, -0.05) is 13.3 Å². The molecule has 0 aromatic heterocycles. The molecule has 0 bridgehead atoms. The number of carbonyl (C=O) groups is 2. The second-order valence-electron chi connectivity index (χ2n) is 5.54. The molecule has 0 heterocycles. The lowest BCUT2D eigenvalue weighted by Gasteiger charge is -2.40. The van der Waals surface area contributed by atoms with Crippen LogP contribution in [0.2, 0.25) is 0 Å². The van der Waals surface area contributed by atoms with Crippen LogP contribution in [0, 0.1) is 11.8 Å². The molecular weight excluding hydrogens is 260 g/mol. The topological polar surface area (TPSA) is 81.9 Å².